The average Bonchev–Trinajstić information content (AvgIpc) is 2.36. The van der Waals surface area contributed by atoms with Crippen molar-refractivity contribution in [3.63, 3.8) is 0 Å². The summed E-state index contributed by atoms with van der Waals surface area (Å²) in [5, 5.41) is 5.11. The Labute approximate surface area is 107 Å². The molecule has 0 heterocycles. The fourth-order valence-corrected chi connectivity index (χ4v) is 1.41. The number of nitrogens with one attached hydrogen (secondary N) is 2. The van der Waals surface area contributed by atoms with E-state index in [0.29, 0.717) is 13.2 Å². The van der Waals surface area contributed by atoms with Crippen LogP contribution in [0.3, 0.4) is 0 Å². The van der Waals surface area contributed by atoms with E-state index in [-0.39, 0.29) is 12.6 Å². The van der Waals surface area contributed by atoms with Gasteiger partial charge in [0.15, 0.2) is 0 Å². The lowest BCUT2D eigenvalue weighted by Gasteiger charge is -2.09. The lowest BCUT2D eigenvalue weighted by atomic mass is 10.1. The monoisotopic (exact) mass is 250 g/mol. The van der Waals surface area contributed by atoms with Gasteiger partial charge in [-0.3, -0.25) is 4.79 Å². The first-order valence-electron chi connectivity index (χ1n) is 5.85. The van der Waals surface area contributed by atoms with Crippen LogP contribution in [-0.2, 0) is 16.1 Å². The molecule has 5 heteroatoms. The number of esters is 1. The van der Waals surface area contributed by atoms with Gasteiger partial charge in [0, 0.05) is 6.54 Å². The Morgan fingerprint density at radius 3 is 2.61 bits per heavy atom. The Morgan fingerprint density at radius 2 is 1.94 bits per heavy atom. The van der Waals surface area contributed by atoms with Crippen LogP contribution in [0.15, 0.2) is 24.3 Å². The number of amides is 2. The Bertz CT molecular complexity index is 418. The van der Waals surface area contributed by atoms with Crippen LogP contribution in [0.5, 0.6) is 0 Å². The molecule has 18 heavy (non-hydrogen) atoms. The lowest BCUT2D eigenvalue weighted by Crippen LogP contribution is -2.38. The van der Waals surface area contributed by atoms with Crippen LogP contribution < -0.4 is 10.6 Å². The van der Waals surface area contributed by atoms with Crippen molar-refractivity contribution in [2.75, 3.05) is 13.2 Å². The number of carbonyl (C=O) groups is 2. The van der Waals surface area contributed by atoms with Gasteiger partial charge in [-0.25, -0.2) is 4.79 Å². The number of benzene rings is 1. The van der Waals surface area contributed by atoms with E-state index < -0.39 is 5.97 Å². The van der Waals surface area contributed by atoms with Gasteiger partial charge in [0.1, 0.15) is 6.54 Å². The van der Waals surface area contributed by atoms with Gasteiger partial charge in [-0.05, 0) is 25.0 Å². The second kappa shape index (κ2) is 7.32. The molecule has 0 fully saturated rings. The first-order chi connectivity index (χ1) is 8.63. The summed E-state index contributed by atoms with van der Waals surface area (Å²) in [5.41, 5.74) is 2.16. The van der Waals surface area contributed by atoms with Crippen molar-refractivity contribution in [3.8, 4) is 0 Å². The van der Waals surface area contributed by atoms with Gasteiger partial charge in [-0.2, -0.15) is 0 Å². The molecule has 2 amide bonds. The van der Waals surface area contributed by atoms with Gasteiger partial charge >= 0.3 is 12.0 Å². The summed E-state index contributed by atoms with van der Waals surface area (Å²) in [7, 11) is 0. The van der Waals surface area contributed by atoms with Gasteiger partial charge in [0.25, 0.3) is 0 Å². The molecule has 0 aliphatic carbocycles. The van der Waals surface area contributed by atoms with E-state index in [1.54, 1.807) is 6.92 Å². The molecule has 1 aromatic rings. The number of urea groups is 1. The van der Waals surface area contributed by atoms with Gasteiger partial charge < -0.3 is 15.4 Å². The fourth-order valence-electron chi connectivity index (χ4n) is 1.41. The topological polar surface area (TPSA) is 67.4 Å². The highest BCUT2D eigenvalue weighted by atomic mass is 16.5. The SMILES string of the molecule is CCOC(=O)CNC(=O)NCc1ccccc1C. The number of carbonyl (C=O) groups excluding carboxylic acids is 2. The van der Waals surface area contributed by atoms with Gasteiger partial charge in [-0.15, -0.1) is 0 Å². The van der Waals surface area contributed by atoms with Crippen LogP contribution >= 0.6 is 0 Å². The molecule has 0 bridgehead atoms. The molecule has 0 radical (unpaired) electrons. The quantitative estimate of drug-likeness (QED) is 0.775. The largest absolute Gasteiger partial charge is 0.465 e. The highest BCUT2D eigenvalue weighted by Gasteiger charge is 2.05. The van der Waals surface area contributed by atoms with E-state index in [4.69, 9.17) is 4.74 Å². The molecule has 0 aliphatic heterocycles. The zero-order valence-electron chi connectivity index (χ0n) is 10.7. The van der Waals surface area contributed by atoms with E-state index in [1.165, 1.54) is 0 Å². The van der Waals surface area contributed by atoms with Gasteiger partial charge in [0.2, 0.25) is 0 Å². The Morgan fingerprint density at radius 1 is 1.22 bits per heavy atom. The van der Waals surface area contributed by atoms with Crippen molar-refractivity contribution in [2.24, 2.45) is 0 Å². The summed E-state index contributed by atoms with van der Waals surface area (Å²) >= 11 is 0. The van der Waals surface area contributed by atoms with Crippen molar-refractivity contribution in [1.29, 1.82) is 0 Å². The third-order valence-corrected chi connectivity index (χ3v) is 2.40. The van der Waals surface area contributed by atoms with E-state index in [0.717, 1.165) is 11.1 Å². The van der Waals surface area contributed by atoms with Crippen molar-refractivity contribution >= 4 is 12.0 Å². The van der Waals surface area contributed by atoms with Gasteiger partial charge in [0.05, 0.1) is 6.61 Å². The van der Waals surface area contributed by atoms with Crippen LogP contribution in [0.25, 0.3) is 0 Å². The van der Waals surface area contributed by atoms with Crippen LogP contribution in [0.1, 0.15) is 18.1 Å². The fraction of sp³-hybridized carbons (Fsp3) is 0.385. The van der Waals surface area contributed by atoms with E-state index >= 15 is 0 Å². The Kier molecular flexibility index (Phi) is 5.70. The molecule has 1 rings (SSSR count). The van der Waals surface area contributed by atoms with E-state index in [1.807, 2.05) is 31.2 Å². The minimum Gasteiger partial charge on any atom is -0.465 e. The smallest absolute Gasteiger partial charge is 0.325 e. The first-order valence-corrected chi connectivity index (χ1v) is 5.85. The molecule has 1 aromatic carbocycles. The van der Waals surface area contributed by atoms with Crippen molar-refractivity contribution in [2.45, 2.75) is 20.4 Å². The van der Waals surface area contributed by atoms with Crippen molar-refractivity contribution < 1.29 is 14.3 Å². The zero-order chi connectivity index (χ0) is 13.4. The summed E-state index contributed by atoms with van der Waals surface area (Å²) in [6, 6.07) is 7.40. The standard InChI is InChI=1S/C13H18N2O3/c1-3-18-12(16)9-15-13(17)14-8-11-7-5-4-6-10(11)2/h4-7H,3,8-9H2,1-2H3,(H2,14,15,17). The minimum atomic E-state index is -0.441. The third-order valence-electron chi connectivity index (χ3n) is 2.40. The predicted octanol–water partition coefficient (Wildman–Crippen LogP) is 1.36. The summed E-state index contributed by atoms with van der Waals surface area (Å²) in [5.74, 6) is -0.441. The summed E-state index contributed by atoms with van der Waals surface area (Å²) in [6.45, 7) is 4.32. The molecule has 2 N–H and O–H groups in total. The second-order valence-corrected chi connectivity index (χ2v) is 3.77. The maximum absolute atomic E-state index is 11.4. The summed E-state index contributed by atoms with van der Waals surface area (Å²) in [4.78, 5) is 22.4. The molecule has 98 valence electrons. The highest BCUT2D eigenvalue weighted by molar-refractivity contribution is 5.80. The van der Waals surface area contributed by atoms with Crippen LogP contribution in [0.4, 0.5) is 4.79 Å². The molecule has 0 saturated carbocycles. The predicted molar refractivity (Wildman–Crippen MR) is 68.1 cm³/mol. The maximum atomic E-state index is 11.4. The van der Waals surface area contributed by atoms with E-state index in [2.05, 4.69) is 10.6 Å². The number of hydrogen-bond acceptors (Lipinski definition) is 3. The van der Waals surface area contributed by atoms with E-state index in [9.17, 15) is 9.59 Å². The number of rotatable bonds is 5. The average molecular weight is 250 g/mol. The number of aryl methyl sites for hydroxylation is 1. The Hall–Kier alpha value is -2.04. The molecular weight excluding hydrogens is 232 g/mol. The molecule has 0 aromatic heterocycles. The molecule has 0 aliphatic rings. The van der Waals surface area contributed by atoms with Crippen LogP contribution in [0.2, 0.25) is 0 Å². The third kappa shape index (κ3) is 4.86. The lowest BCUT2D eigenvalue weighted by molar-refractivity contribution is -0.141. The normalized spacial score (nSPS) is 9.67. The summed E-state index contributed by atoms with van der Waals surface area (Å²) in [6.07, 6.45) is 0. The van der Waals surface area contributed by atoms with Crippen molar-refractivity contribution in [1.82, 2.24) is 10.6 Å². The second-order valence-electron chi connectivity index (χ2n) is 3.77. The first kappa shape index (κ1) is 14.0. The van der Waals surface area contributed by atoms with Gasteiger partial charge in [-0.1, -0.05) is 24.3 Å². The van der Waals surface area contributed by atoms with Crippen LogP contribution in [-0.4, -0.2) is 25.2 Å². The maximum Gasteiger partial charge on any atom is 0.325 e. The minimum absolute atomic E-state index is 0.118. The molecule has 0 atom stereocenters. The Balaban J connectivity index is 2.29. The molecule has 0 unspecified atom stereocenters. The zero-order valence-corrected chi connectivity index (χ0v) is 10.7. The highest BCUT2D eigenvalue weighted by Crippen LogP contribution is 2.05. The number of ether oxygens (including phenoxy) is 1. The number of hydrogen-bond donors (Lipinski definition) is 2. The summed E-state index contributed by atoms with van der Waals surface area (Å²) < 4.78 is 4.69. The van der Waals surface area contributed by atoms with Crippen molar-refractivity contribution in [3.05, 3.63) is 35.4 Å². The molecule has 0 saturated heterocycles. The molecule has 5 nitrogen and oxygen atoms in total. The van der Waals surface area contributed by atoms with Crippen LogP contribution in [0, 0.1) is 6.92 Å². The molecular formula is C13H18N2O3. The molecule has 0 spiro atoms.